The van der Waals surface area contributed by atoms with Crippen molar-refractivity contribution in [3.05, 3.63) is 69.8 Å². The van der Waals surface area contributed by atoms with Gasteiger partial charge in [0.2, 0.25) is 0 Å². The van der Waals surface area contributed by atoms with Crippen LogP contribution in [0.5, 0.6) is 0 Å². The Bertz CT molecular complexity index is 786. The molecule has 1 heterocycles. The van der Waals surface area contributed by atoms with Crippen LogP contribution in [0, 0.1) is 0 Å². The van der Waals surface area contributed by atoms with Crippen LogP contribution in [0.25, 0.3) is 11.3 Å². The predicted molar refractivity (Wildman–Crippen MR) is 90.1 cm³/mol. The average Bonchev–Trinajstić information content (AvgIpc) is 2.93. The van der Waals surface area contributed by atoms with Crippen LogP contribution in [-0.2, 0) is 6.54 Å². The van der Waals surface area contributed by atoms with Gasteiger partial charge in [0.1, 0.15) is 0 Å². The van der Waals surface area contributed by atoms with E-state index in [0.29, 0.717) is 0 Å². The number of hydrogen-bond donors (Lipinski definition) is 0. The molecule has 0 aliphatic heterocycles. The zero-order chi connectivity index (χ0) is 14.7. The number of thiazole rings is 1. The molecule has 2 aromatic carbocycles. The molecule has 0 fully saturated rings. The van der Waals surface area contributed by atoms with E-state index in [9.17, 15) is 0 Å². The van der Waals surface area contributed by atoms with E-state index < -0.39 is 0 Å². The van der Waals surface area contributed by atoms with Gasteiger partial charge in [-0.25, -0.2) is 4.99 Å². The average molecular weight is 315 g/mol. The Morgan fingerprint density at radius 3 is 2.43 bits per heavy atom. The molecule has 0 radical (unpaired) electrons. The summed E-state index contributed by atoms with van der Waals surface area (Å²) in [5.41, 5.74) is 3.34. The lowest BCUT2D eigenvalue weighted by Gasteiger charge is -2.05. The molecule has 0 atom stereocenters. The summed E-state index contributed by atoms with van der Waals surface area (Å²) >= 11 is 7.57. The van der Waals surface area contributed by atoms with Gasteiger partial charge in [-0.3, -0.25) is 0 Å². The lowest BCUT2D eigenvalue weighted by molar-refractivity contribution is 0.745. The van der Waals surface area contributed by atoms with Crippen molar-refractivity contribution in [3.8, 4) is 11.3 Å². The van der Waals surface area contributed by atoms with Gasteiger partial charge >= 0.3 is 0 Å². The highest BCUT2D eigenvalue weighted by atomic mass is 35.5. The third-order valence-electron chi connectivity index (χ3n) is 3.23. The fourth-order valence-corrected chi connectivity index (χ4v) is 3.31. The van der Waals surface area contributed by atoms with E-state index in [1.807, 2.05) is 30.3 Å². The van der Waals surface area contributed by atoms with Crippen LogP contribution in [-0.4, -0.2) is 4.57 Å². The normalized spacial score (nSPS) is 11.8. The maximum Gasteiger partial charge on any atom is 0.190 e. The molecule has 21 heavy (non-hydrogen) atoms. The molecule has 3 rings (SSSR count). The number of aromatic nitrogens is 1. The first-order valence-electron chi connectivity index (χ1n) is 6.82. The molecule has 106 valence electrons. The summed E-state index contributed by atoms with van der Waals surface area (Å²) in [6, 6.07) is 18.0. The van der Waals surface area contributed by atoms with Crippen molar-refractivity contribution in [2.45, 2.75) is 13.5 Å². The van der Waals surface area contributed by atoms with Gasteiger partial charge in [0.25, 0.3) is 0 Å². The first kappa shape index (κ1) is 14.1. The van der Waals surface area contributed by atoms with Crippen molar-refractivity contribution in [1.29, 1.82) is 0 Å². The first-order chi connectivity index (χ1) is 10.3. The quantitative estimate of drug-likeness (QED) is 0.638. The van der Waals surface area contributed by atoms with Crippen LogP contribution in [0.4, 0.5) is 5.69 Å². The van der Waals surface area contributed by atoms with Gasteiger partial charge < -0.3 is 4.57 Å². The zero-order valence-corrected chi connectivity index (χ0v) is 13.2. The second-order valence-corrected chi connectivity index (χ2v) is 5.88. The highest BCUT2D eigenvalue weighted by Crippen LogP contribution is 2.21. The fourth-order valence-electron chi connectivity index (χ4n) is 2.19. The van der Waals surface area contributed by atoms with E-state index in [1.165, 1.54) is 11.3 Å². The van der Waals surface area contributed by atoms with Gasteiger partial charge in [-0.1, -0.05) is 41.9 Å². The minimum absolute atomic E-state index is 0.730. The van der Waals surface area contributed by atoms with E-state index in [4.69, 9.17) is 16.6 Å². The summed E-state index contributed by atoms with van der Waals surface area (Å²) in [7, 11) is 0. The Balaban J connectivity index is 2.08. The zero-order valence-electron chi connectivity index (χ0n) is 11.7. The molecule has 1 aromatic heterocycles. The molecule has 0 saturated carbocycles. The SMILES string of the molecule is CCn1c(-c2ccccc2)csc1=Nc1ccc(Cl)cc1. The smallest absolute Gasteiger partial charge is 0.190 e. The lowest BCUT2D eigenvalue weighted by atomic mass is 10.2. The molecule has 0 spiro atoms. The van der Waals surface area contributed by atoms with Crippen molar-refractivity contribution in [1.82, 2.24) is 4.57 Å². The van der Waals surface area contributed by atoms with E-state index in [-0.39, 0.29) is 0 Å². The van der Waals surface area contributed by atoms with Crippen molar-refractivity contribution < 1.29 is 0 Å². The predicted octanol–water partition coefficient (Wildman–Crippen LogP) is 5.12. The highest BCUT2D eigenvalue weighted by Gasteiger charge is 2.06. The Morgan fingerprint density at radius 1 is 1.05 bits per heavy atom. The summed E-state index contributed by atoms with van der Waals surface area (Å²) in [5.74, 6) is 0. The molecule has 3 aromatic rings. The minimum atomic E-state index is 0.730. The summed E-state index contributed by atoms with van der Waals surface area (Å²) in [4.78, 5) is 5.72. The van der Waals surface area contributed by atoms with Crippen molar-refractivity contribution >= 4 is 28.6 Å². The Hall–Kier alpha value is -1.84. The molecule has 0 N–H and O–H groups in total. The van der Waals surface area contributed by atoms with Crippen LogP contribution in [0.1, 0.15) is 6.92 Å². The fraction of sp³-hybridized carbons (Fsp3) is 0.118. The molecular formula is C17H15ClN2S. The van der Waals surface area contributed by atoms with Gasteiger partial charge in [-0.05, 0) is 36.8 Å². The molecule has 0 saturated heterocycles. The Labute approximate surface area is 133 Å². The molecule has 0 aliphatic rings. The number of benzene rings is 2. The van der Waals surface area contributed by atoms with Crippen molar-refractivity contribution in [3.63, 3.8) is 0 Å². The van der Waals surface area contributed by atoms with Crippen LogP contribution in [0.2, 0.25) is 5.02 Å². The van der Waals surface area contributed by atoms with Gasteiger partial charge in [0.05, 0.1) is 11.4 Å². The Morgan fingerprint density at radius 2 is 1.76 bits per heavy atom. The second-order valence-electron chi connectivity index (χ2n) is 4.60. The third kappa shape index (κ3) is 3.09. The van der Waals surface area contributed by atoms with E-state index in [1.54, 1.807) is 11.3 Å². The maximum absolute atomic E-state index is 5.91. The Kier molecular flexibility index (Phi) is 4.23. The van der Waals surface area contributed by atoms with Gasteiger partial charge in [0, 0.05) is 16.9 Å². The van der Waals surface area contributed by atoms with E-state index >= 15 is 0 Å². The third-order valence-corrected chi connectivity index (χ3v) is 4.35. The molecule has 0 amide bonds. The summed E-state index contributed by atoms with van der Waals surface area (Å²) in [6.07, 6.45) is 0. The molecule has 0 unspecified atom stereocenters. The van der Waals surface area contributed by atoms with Crippen LogP contribution >= 0.6 is 22.9 Å². The molecule has 2 nitrogen and oxygen atoms in total. The first-order valence-corrected chi connectivity index (χ1v) is 8.07. The van der Waals surface area contributed by atoms with E-state index in [0.717, 1.165) is 22.1 Å². The molecule has 0 aliphatic carbocycles. The summed E-state index contributed by atoms with van der Waals surface area (Å²) in [5, 5.41) is 2.89. The van der Waals surface area contributed by atoms with Gasteiger partial charge in [-0.15, -0.1) is 11.3 Å². The van der Waals surface area contributed by atoms with Crippen molar-refractivity contribution in [2.75, 3.05) is 0 Å². The molecular weight excluding hydrogens is 300 g/mol. The topological polar surface area (TPSA) is 17.3 Å². The summed E-state index contributed by atoms with van der Waals surface area (Å²) in [6.45, 7) is 3.03. The number of rotatable bonds is 3. The second kappa shape index (κ2) is 6.29. The van der Waals surface area contributed by atoms with Gasteiger partial charge in [-0.2, -0.15) is 0 Å². The monoisotopic (exact) mass is 314 g/mol. The number of hydrogen-bond acceptors (Lipinski definition) is 2. The van der Waals surface area contributed by atoms with Crippen LogP contribution in [0.3, 0.4) is 0 Å². The maximum atomic E-state index is 5.91. The van der Waals surface area contributed by atoms with Gasteiger partial charge in [0.15, 0.2) is 4.80 Å². The number of nitrogens with zero attached hydrogens (tertiary/aromatic N) is 2. The number of halogens is 1. The molecule has 0 bridgehead atoms. The summed E-state index contributed by atoms with van der Waals surface area (Å²) < 4.78 is 2.23. The lowest BCUT2D eigenvalue weighted by Crippen LogP contribution is -2.14. The standard InChI is InChI=1S/C17H15ClN2S/c1-2-20-16(13-6-4-3-5-7-13)12-21-17(20)19-15-10-8-14(18)9-11-15/h3-12H,2H2,1H3. The minimum Gasteiger partial charge on any atom is -0.317 e. The highest BCUT2D eigenvalue weighted by molar-refractivity contribution is 7.07. The van der Waals surface area contributed by atoms with Crippen LogP contribution in [0.15, 0.2) is 65.0 Å². The largest absolute Gasteiger partial charge is 0.317 e. The van der Waals surface area contributed by atoms with Crippen molar-refractivity contribution in [2.24, 2.45) is 4.99 Å². The molecule has 4 heteroatoms. The van der Waals surface area contributed by atoms with Crippen LogP contribution < -0.4 is 4.80 Å². The van der Waals surface area contributed by atoms with E-state index in [2.05, 4.69) is 41.1 Å².